The van der Waals surface area contributed by atoms with Gasteiger partial charge in [0.2, 0.25) is 0 Å². The molecule has 1 atom stereocenters. The second kappa shape index (κ2) is 6.91. The van der Waals surface area contributed by atoms with Crippen LogP contribution in [-0.2, 0) is 0 Å². The minimum atomic E-state index is -0.354. The van der Waals surface area contributed by atoms with E-state index in [2.05, 4.69) is 5.32 Å². The second-order valence-electron chi connectivity index (χ2n) is 4.36. The van der Waals surface area contributed by atoms with Crippen LogP contribution in [0.25, 0.3) is 0 Å². The molecule has 2 rings (SSSR count). The molecule has 0 aliphatic heterocycles. The Morgan fingerprint density at radius 1 is 1.15 bits per heavy atom. The van der Waals surface area contributed by atoms with Gasteiger partial charge in [-0.3, -0.25) is 0 Å². The summed E-state index contributed by atoms with van der Waals surface area (Å²) < 4.78 is 24.2. The van der Waals surface area contributed by atoms with Crippen LogP contribution in [0.15, 0.2) is 48.5 Å². The maximum absolute atomic E-state index is 13.5. The summed E-state index contributed by atoms with van der Waals surface area (Å²) in [6.07, 6.45) is 0. The third-order valence-corrected chi connectivity index (χ3v) is 3.09. The Balaban J connectivity index is 2.07. The fourth-order valence-electron chi connectivity index (χ4n) is 1.94. The third kappa shape index (κ3) is 3.48. The summed E-state index contributed by atoms with van der Waals surface area (Å²) in [6.45, 7) is 0.338. The molecule has 0 bridgehead atoms. The smallest absolute Gasteiger partial charge is 0.165 e. The fraction of sp³-hybridized carbons (Fsp3) is 0.250. The molecule has 0 spiro atoms. The Bertz CT molecular complexity index is 560. The number of para-hydroxylation sites is 1. The van der Waals surface area contributed by atoms with E-state index in [9.17, 15) is 4.39 Å². The van der Waals surface area contributed by atoms with Gasteiger partial charge in [-0.05, 0) is 36.9 Å². The van der Waals surface area contributed by atoms with Crippen LogP contribution in [0.3, 0.4) is 0 Å². The van der Waals surface area contributed by atoms with E-state index in [-0.39, 0.29) is 17.6 Å². The van der Waals surface area contributed by atoms with Gasteiger partial charge in [0.25, 0.3) is 0 Å². The van der Waals surface area contributed by atoms with Crippen LogP contribution in [-0.4, -0.2) is 20.8 Å². The molecule has 0 fully saturated rings. The first-order valence-electron chi connectivity index (χ1n) is 6.43. The summed E-state index contributed by atoms with van der Waals surface area (Å²) in [7, 11) is 3.47. The minimum Gasteiger partial charge on any atom is -0.497 e. The predicted molar refractivity (Wildman–Crippen MR) is 76.7 cm³/mol. The second-order valence-corrected chi connectivity index (χ2v) is 4.36. The van der Waals surface area contributed by atoms with Gasteiger partial charge in [-0.2, -0.15) is 0 Å². The lowest BCUT2D eigenvalue weighted by Gasteiger charge is -2.18. The molecule has 4 heteroatoms. The lowest BCUT2D eigenvalue weighted by Crippen LogP contribution is -2.23. The van der Waals surface area contributed by atoms with Crippen molar-refractivity contribution in [1.29, 1.82) is 0 Å². The molecule has 20 heavy (non-hydrogen) atoms. The lowest BCUT2D eigenvalue weighted by molar-refractivity contribution is 0.261. The SMILES string of the molecule is CNC(COc1ccccc1F)c1cccc(OC)c1. The van der Waals surface area contributed by atoms with Gasteiger partial charge in [-0.15, -0.1) is 0 Å². The van der Waals surface area contributed by atoms with E-state index in [1.807, 2.05) is 31.3 Å². The number of halogens is 1. The molecule has 2 aromatic rings. The number of hydrogen-bond donors (Lipinski definition) is 1. The molecule has 3 nitrogen and oxygen atoms in total. The third-order valence-electron chi connectivity index (χ3n) is 3.09. The molecule has 1 unspecified atom stereocenters. The van der Waals surface area contributed by atoms with Gasteiger partial charge in [-0.25, -0.2) is 4.39 Å². The highest BCUT2D eigenvalue weighted by atomic mass is 19.1. The van der Waals surface area contributed by atoms with Crippen LogP contribution < -0.4 is 14.8 Å². The molecule has 0 saturated carbocycles. The standard InChI is InChI=1S/C16H18FNO2/c1-18-15(12-6-5-7-13(10-12)19-2)11-20-16-9-4-3-8-14(16)17/h3-10,15,18H,11H2,1-2H3. The zero-order chi connectivity index (χ0) is 14.4. The van der Waals surface area contributed by atoms with E-state index >= 15 is 0 Å². The highest BCUT2D eigenvalue weighted by Gasteiger charge is 2.12. The number of rotatable bonds is 6. The Morgan fingerprint density at radius 2 is 1.95 bits per heavy atom. The minimum absolute atomic E-state index is 0.0373. The van der Waals surface area contributed by atoms with Crippen LogP contribution in [0.1, 0.15) is 11.6 Å². The molecule has 2 aromatic carbocycles. The number of likely N-dealkylation sites (N-methyl/N-ethyl adjacent to an activating group) is 1. The Labute approximate surface area is 118 Å². The molecular weight excluding hydrogens is 257 g/mol. The first-order valence-corrected chi connectivity index (χ1v) is 6.43. The monoisotopic (exact) mass is 275 g/mol. The number of ether oxygens (including phenoxy) is 2. The van der Waals surface area contributed by atoms with E-state index in [4.69, 9.17) is 9.47 Å². The first-order chi connectivity index (χ1) is 9.74. The molecule has 0 saturated heterocycles. The summed E-state index contributed by atoms with van der Waals surface area (Å²) in [4.78, 5) is 0. The van der Waals surface area contributed by atoms with Crippen LogP contribution in [0.4, 0.5) is 4.39 Å². The normalized spacial score (nSPS) is 11.9. The summed E-state index contributed by atoms with van der Waals surface area (Å²) >= 11 is 0. The van der Waals surface area contributed by atoms with Gasteiger partial charge in [0.05, 0.1) is 13.2 Å². The largest absolute Gasteiger partial charge is 0.497 e. The molecule has 0 aliphatic carbocycles. The van der Waals surface area contributed by atoms with Crippen molar-refractivity contribution in [3.8, 4) is 11.5 Å². The maximum atomic E-state index is 13.5. The maximum Gasteiger partial charge on any atom is 0.165 e. The molecule has 0 amide bonds. The molecule has 0 aliphatic rings. The highest BCUT2D eigenvalue weighted by molar-refractivity contribution is 5.31. The van der Waals surface area contributed by atoms with E-state index < -0.39 is 0 Å². The van der Waals surface area contributed by atoms with Crippen molar-refractivity contribution >= 4 is 0 Å². The average Bonchev–Trinajstić information content (AvgIpc) is 2.50. The van der Waals surface area contributed by atoms with Gasteiger partial charge in [0.15, 0.2) is 11.6 Å². The number of nitrogens with one attached hydrogen (secondary N) is 1. The van der Waals surface area contributed by atoms with Crippen LogP contribution in [0.2, 0.25) is 0 Å². The average molecular weight is 275 g/mol. The fourth-order valence-corrected chi connectivity index (χ4v) is 1.94. The van der Waals surface area contributed by atoms with Gasteiger partial charge in [0, 0.05) is 0 Å². The first kappa shape index (κ1) is 14.3. The summed E-state index contributed by atoms with van der Waals surface area (Å²) in [5.41, 5.74) is 1.03. The van der Waals surface area contributed by atoms with Crippen molar-refractivity contribution in [3.05, 3.63) is 59.9 Å². The van der Waals surface area contributed by atoms with Crippen LogP contribution in [0, 0.1) is 5.82 Å². The van der Waals surface area contributed by atoms with Crippen LogP contribution in [0.5, 0.6) is 11.5 Å². The zero-order valence-corrected chi connectivity index (χ0v) is 11.6. The zero-order valence-electron chi connectivity index (χ0n) is 11.6. The van der Waals surface area contributed by atoms with E-state index in [0.29, 0.717) is 6.61 Å². The van der Waals surface area contributed by atoms with Crippen molar-refractivity contribution < 1.29 is 13.9 Å². The lowest BCUT2D eigenvalue weighted by atomic mass is 10.1. The highest BCUT2D eigenvalue weighted by Crippen LogP contribution is 2.21. The Hall–Kier alpha value is -2.07. The van der Waals surface area contributed by atoms with E-state index in [1.54, 1.807) is 25.3 Å². The topological polar surface area (TPSA) is 30.5 Å². The number of benzene rings is 2. The quantitative estimate of drug-likeness (QED) is 0.878. The molecule has 106 valence electrons. The van der Waals surface area contributed by atoms with Crippen molar-refractivity contribution in [3.63, 3.8) is 0 Å². The molecular formula is C16H18FNO2. The molecule has 1 N–H and O–H groups in total. The number of hydrogen-bond acceptors (Lipinski definition) is 3. The van der Waals surface area contributed by atoms with Gasteiger partial charge < -0.3 is 14.8 Å². The van der Waals surface area contributed by atoms with E-state index in [1.165, 1.54) is 6.07 Å². The summed E-state index contributed by atoms with van der Waals surface area (Å²) in [6, 6.07) is 14.1. The van der Waals surface area contributed by atoms with Crippen LogP contribution >= 0.6 is 0 Å². The Morgan fingerprint density at radius 3 is 2.65 bits per heavy atom. The van der Waals surface area contributed by atoms with Crippen molar-refractivity contribution in [2.45, 2.75) is 6.04 Å². The summed E-state index contributed by atoms with van der Waals surface area (Å²) in [5, 5.41) is 3.16. The summed E-state index contributed by atoms with van der Waals surface area (Å²) in [5.74, 6) is 0.692. The number of methoxy groups -OCH3 is 1. The van der Waals surface area contributed by atoms with Crippen molar-refractivity contribution in [2.75, 3.05) is 20.8 Å². The van der Waals surface area contributed by atoms with Gasteiger partial charge in [-0.1, -0.05) is 24.3 Å². The van der Waals surface area contributed by atoms with Gasteiger partial charge in [0.1, 0.15) is 12.4 Å². The predicted octanol–water partition coefficient (Wildman–Crippen LogP) is 3.17. The van der Waals surface area contributed by atoms with Gasteiger partial charge >= 0.3 is 0 Å². The molecule has 0 heterocycles. The molecule has 0 radical (unpaired) electrons. The van der Waals surface area contributed by atoms with Crippen molar-refractivity contribution in [2.24, 2.45) is 0 Å². The van der Waals surface area contributed by atoms with Crippen molar-refractivity contribution in [1.82, 2.24) is 5.32 Å². The van der Waals surface area contributed by atoms with E-state index in [0.717, 1.165) is 11.3 Å². The Kier molecular flexibility index (Phi) is 4.96. The molecule has 0 aromatic heterocycles.